The third kappa shape index (κ3) is 7.47. The Morgan fingerprint density at radius 2 is 0.934 bits per heavy atom. The Kier molecular flexibility index (Phi) is 10.8. The summed E-state index contributed by atoms with van der Waals surface area (Å²) in [5, 5.41) is 13.7. The summed E-state index contributed by atoms with van der Waals surface area (Å²) in [5.41, 5.74) is 14.8. The Morgan fingerprint density at radius 1 is 0.395 bits per heavy atom. The van der Waals surface area contributed by atoms with Crippen LogP contribution in [0.25, 0.3) is 137 Å². The summed E-state index contributed by atoms with van der Waals surface area (Å²) in [6, 6.07) is 70.3. The summed E-state index contributed by atoms with van der Waals surface area (Å²) in [6.07, 6.45) is 3.73. The van der Waals surface area contributed by atoms with Gasteiger partial charge in [-0.15, -0.1) is 0 Å². The first kappa shape index (κ1) is 44.6. The summed E-state index contributed by atoms with van der Waals surface area (Å²) >= 11 is 0. The van der Waals surface area contributed by atoms with E-state index in [1.165, 1.54) is 0 Å². The number of fused-ring (bicyclic) bond motifs is 6. The van der Waals surface area contributed by atoms with Crippen LogP contribution in [0.3, 0.4) is 0 Å². The van der Waals surface area contributed by atoms with Gasteiger partial charge in [-0.3, -0.25) is 4.98 Å². The van der Waals surface area contributed by atoms with Crippen LogP contribution in [0.2, 0.25) is 0 Å². The van der Waals surface area contributed by atoms with E-state index in [-0.39, 0.29) is 0 Å². The molecule has 0 unspecified atom stereocenters. The van der Waals surface area contributed by atoms with Gasteiger partial charge in [-0.25, -0.2) is 29.5 Å². The van der Waals surface area contributed by atoms with E-state index in [0.717, 1.165) is 105 Å². The zero-order valence-corrected chi connectivity index (χ0v) is 40.3. The minimum atomic E-state index is 0.420. The molecule has 0 atom stereocenters. The minimum absolute atomic E-state index is 0.420. The van der Waals surface area contributed by atoms with E-state index >= 15 is 0 Å². The molecular weight excluding hydrogens is 933 g/mol. The van der Waals surface area contributed by atoms with Gasteiger partial charge in [0.1, 0.15) is 0 Å². The molecule has 13 rings (SSSR count). The summed E-state index contributed by atoms with van der Waals surface area (Å²) in [6.45, 7) is 23.5. The second-order valence-corrected chi connectivity index (χ2v) is 18.2. The highest BCUT2D eigenvalue weighted by Gasteiger charge is 2.24. The third-order valence-corrected chi connectivity index (χ3v) is 14.0. The van der Waals surface area contributed by atoms with Gasteiger partial charge in [0.2, 0.25) is 0 Å². The standard InChI is InChI=1S/C66H36N10/c1-68-46-25-28-49(58(37-46)70-3)45-24-31-62-55(36-45)51-19-11-13-21-60(51)76(62)63-32-33-71-40-56(63)53-38-47(26-29-52(53)66-73-64(42-14-6-4-7-15-42)72-65(74-66)43-16-8-5-9-17-43)75-59-20-12-10-18-50(59)54-35-44(23-30-61(54)75)48-27-22-41(39-67)34-57(48)69-2/h4-38,40H. The summed E-state index contributed by atoms with van der Waals surface area (Å²) in [5.74, 6) is 1.56. The van der Waals surface area contributed by atoms with Crippen LogP contribution >= 0.6 is 0 Å². The second kappa shape index (κ2) is 18.4. The van der Waals surface area contributed by atoms with Gasteiger partial charge in [0, 0.05) is 67.4 Å². The first-order valence-corrected chi connectivity index (χ1v) is 24.3. The first-order chi connectivity index (χ1) is 37.5. The lowest BCUT2D eigenvalue weighted by molar-refractivity contribution is 1.07. The molecule has 9 aromatic carbocycles. The summed E-state index contributed by atoms with van der Waals surface area (Å²) < 4.78 is 4.55. The van der Waals surface area contributed by atoms with E-state index in [2.05, 4.69) is 96.5 Å². The average molecular weight is 969 g/mol. The van der Waals surface area contributed by atoms with Gasteiger partial charge in [0.25, 0.3) is 0 Å². The molecule has 4 aromatic heterocycles. The van der Waals surface area contributed by atoms with E-state index in [1.807, 2.05) is 128 Å². The molecule has 350 valence electrons. The lowest BCUT2D eigenvalue weighted by atomic mass is 9.97. The van der Waals surface area contributed by atoms with Crippen LogP contribution in [0.1, 0.15) is 5.56 Å². The molecule has 0 radical (unpaired) electrons. The Morgan fingerprint density at radius 3 is 1.55 bits per heavy atom. The fourth-order valence-corrected chi connectivity index (χ4v) is 10.5. The molecule has 0 saturated heterocycles. The molecule has 13 aromatic rings. The maximum Gasteiger partial charge on any atom is 0.196 e. The van der Waals surface area contributed by atoms with Crippen molar-refractivity contribution in [3.8, 4) is 85.0 Å². The fourth-order valence-electron chi connectivity index (χ4n) is 10.5. The number of pyridine rings is 1. The Labute approximate surface area is 436 Å². The summed E-state index contributed by atoms with van der Waals surface area (Å²) in [7, 11) is 0. The number of rotatable bonds is 8. The Bertz CT molecular complexity index is 4640. The number of nitriles is 1. The molecule has 0 fully saturated rings. The van der Waals surface area contributed by atoms with Crippen molar-refractivity contribution in [2.75, 3.05) is 0 Å². The normalized spacial score (nSPS) is 11.1. The largest absolute Gasteiger partial charge is 0.309 e. The van der Waals surface area contributed by atoms with Crippen molar-refractivity contribution in [2.24, 2.45) is 0 Å². The Hall–Kier alpha value is -11.3. The van der Waals surface area contributed by atoms with Gasteiger partial charge in [0.15, 0.2) is 34.5 Å². The monoisotopic (exact) mass is 968 g/mol. The molecule has 76 heavy (non-hydrogen) atoms. The number of para-hydroxylation sites is 2. The van der Waals surface area contributed by atoms with Crippen LogP contribution in [0.5, 0.6) is 0 Å². The van der Waals surface area contributed by atoms with Gasteiger partial charge >= 0.3 is 0 Å². The van der Waals surface area contributed by atoms with E-state index < -0.39 is 0 Å². The molecular formula is C66H36N10. The van der Waals surface area contributed by atoms with Gasteiger partial charge < -0.3 is 9.13 Å². The van der Waals surface area contributed by atoms with Crippen LogP contribution in [-0.4, -0.2) is 29.1 Å². The molecule has 0 spiro atoms. The predicted molar refractivity (Wildman–Crippen MR) is 302 cm³/mol. The highest BCUT2D eigenvalue weighted by Crippen LogP contribution is 2.44. The minimum Gasteiger partial charge on any atom is -0.309 e. The molecule has 0 aliphatic rings. The molecule has 0 bridgehead atoms. The van der Waals surface area contributed by atoms with E-state index in [9.17, 15) is 5.26 Å². The van der Waals surface area contributed by atoms with Gasteiger partial charge in [-0.05, 0) is 101 Å². The smallest absolute Gasteiger partial charge is 0.196 e. The maximum absolute atomic E-state index is 9.62. The zero-order chi connectivity index (χ0) is 51.3. The number of hydrogen-bond acceptors (Lipinski definition) is 5. The number of nitrogens with zero attached hydrogens (tertiary/aromatic N) is 10. The molecule has 0 amide bonds. The van der Waals surface area contributed by atoms with Crippen molar-refractivity contribution in [2.45, 2.75) is 0 Å². The molecule has 0 aliphatic heterocycles. The average Bonchev–Trinajstić information content (AvgIpc) is 4.06. The lowest BCUT2D eigenvalue weighted by Crippen LogP contribution is -2.04. The van der Waals surface area contributed by atoms with Crippen LogP contribution in [0.15, 0.2) is 219 Å². The van der Waals surface area contributed by atoms with E-state index in [4.69, 9.17) is 39.7 Å². The molecule has 0 aliphatic carbocycles. The predicted octanol–water partition coefficient (Wildman–Crippen LogP) is 17.0. The highest BCUT2D eigenvalue weighted by atomic mass is 15.0. The molecule has 10 nitrogen and oxygen atoms in total. The highest BCUT2D eigenvalue weighted by molar-refractivity contribution is 6.13. The van der Waals surface area contributed by atoms with Crippen molar-refractivity contribution in [3.63, 3.8) is 0 Å². The first-order valence-electron chi connectivity index (χ1n) is 24.3. The number of hydrogen-bond donors (Lipinski definition) is 0. The van der Waals surface area contributed by atoms with Crippen molar-refractivity contribution in [3.05, 3.63) is 258 Å². The number of aromatic nitrogens is 6. The molecule has 0 saturated carbocycles. The van der Waals surface area contributed by atoms with Crippen LogP contribution in [0, 0.1) is 31.0 Å². The lowest BCUT2D eigenvalue weighted by Gasteiger charge is -2.18. The van der Waals surface area contributed by atoms with Crippen LogP contribution in [0.4, 0.5) is 17.1 Å². The summed E-state index contributed by atoms with van der Waals surface area (Å²) in [4.78, 5) is 31.6. The molecule has 10 heteroatoms. The van der Waals surface area contributed by atoms with Crippen LogP contribution in [-0.2, 0) is 0 Å². The van der Waals surface area contributed by atoms with Crippen molar-refractivity contribution >= 4 is 60.7 Å². The van der Waals surface area contributed by atoms with Crippen molar-refractivity contribution in [1.82, 2.24) is 29.1 Å². The van der Waals surface area contributed by atoms with E-state index in [1.54, 1.807) is 24.3 Å². The van der Waals surface area contributed by atoms with Gasteiger partial charge in [-0.1, -0.05) is 133 Å². The third-order valence-electron chi connectivity index (χ3n) is 14.0. The topological polar surface area (TPSA) is 98.3 Å². The molecule has 4 heterocycles. The van der Waals surface area contributed by atoms with Gasteiger partial charge in [-0.2, -0.15) is 5.26 Å². The second-order valence-electron chi connectivity index (χ2n) is 18.2. The fraction of sp³-hybridized carbons (Fsp3) is 0. The van der Waals surface area contributed by atoms with Crippen molar-refractivity contribution < 1.29 is 0 Å². The molecule has 0 N–H and O–H groups in total. The van der Waals surface area contributed by atoms with Gasteiger partial charge in [0.05, 0.1) is 53.5 Å². The zero-order valence-electron chi connectivity index (χ0n) is 40.3. The SMILES string of the molecule is [C-]#[N+]c1ccc(-c2ccc3c(c2)c2ccccc2n3-c2ccncc2-c2cc(-n3c4ccccc4c4cc(-c5ccc(C#N)cc5[N+]#[C-])ccc43)ccc2-c2nc(-c3ccccc3)nc(-c3ccccc3)n2)c([N+]#[C-])c1. The Balaban J connectivity index is 1.07. The maximum atomic E-state index is 9.62. The van der Waals surface area contributed by atoms with Crippen molar-refractivity contribution in [1.29, 1.82) is 5.26 Å². The number of benzene rings is 9. The van der Waals surface area contributed by atoms with E-state index in [0.29, 0.717) is 40.1 Å². The quantitative estimate of drug-likeness (QED) is 0.141. The van der Waals surface area contributed by atoms with Crippen LogP contribution < -0.4 is 0 Å².